The van der Waals surface area contributed by atoms with Crippen molar-refractivity contribution in [3.05, 3.63) is 76.6 Å². The number of nitrogens with zero attached hydrogens (tertiary/aromatic N) is 3. The monoisotopic (exact) mass is 419 g/mol. The van der Waals surface area contributed by atoms with Crippen molar-refractivity contribution in [3.8, 4) is 5.75 Å². The second-order valence-electron chi connectivity index (χ2n) is 7.43. The van der Waals surface area contributed by atoms with Crippen LogP contribution in [0.15, 0.2) is 53.5 Å². The summed E-state index contributed by atoms with van der Waals surface area (Å²) in [5, 5.41) is 10.6. The molecule has 1 aromatic heterocycles. The van der Waals surface area contributed by atoms with Gasteiger partial charge in [-0.2, -0.15) is 5.10 Å². The summed E-state index contributed by atoms with van der Waals surface area (Å²) in [5.74, 6) is 0.890. The number of aryl methyl sites for hydroxylation is 3. The fourth-order valence-electron chi connectivity index (χ4n) is 3.37. The lowest BCUT2D eigenvalue weighted by molar-refractivity contribution is 0.0977. The van der Waals surface area contributed by atoms with E-state index < -0.39 is 0 Å². The maximum Gasteiger partial charge on any atom is 0.257 e. The second kappa shape index (κ2) is 9.93. The van der Waals surface area contributed by atoms with Crippen molar-refractivity contribution < 1.29 is 9.53 Å². The molecule has 0 radical (unpaired) electrons. The number of carbonyl (C=O) groups is 1. The van der Waals surface area contributed by atoms with Crippen LogP contribution in [0.4, 0.5) is 5.69 Å². The van der Waals surface area contributed by atoms with Gasteiger partial charge in [-0.3, -0.25) is 19.8 Å². The molecule has 7 heteroatoms. The Labute approximate surface area is 183 Å². The summed E-state index contributed by atoms with van der Waals surface area (Å²) >= 11 is 0. The van der Waals surface area contributed by atoms with Gasteiger partial charge in [-0.05, 0) is 57.0 Å². The highest BCUT2D eigenvalue weighted by Gasteiger charge is 2.12. The van der Waals surface area contributed by atoms with Crippen LogP contribution in [-0.4, -0.2) is 35.3 Å². The number of nitrogens with one attached hydrogen (secondary N) is 2. The normalized spacial score (nSPS) is 11.3. The molecule has 3 rings (SSSR count). The van der Waals surface area contributed by atoms with E-state index in [4.69, 9.17) is 4.74 Å². The van der Waals surface area contributed by atoms with Gasteiger partial charge >= 0.3 is 0 Å². The summed E-state index contributed by atoms with van der Waals surface area (Å²) in [6.45, 7) is 6.52. The Morgan fingerprint density at radius 2 is 1.90 bits per heavy atom. The first-order chi connectivity index (χ1) is 14.9. The van der Waals surface area contributed by atoms with Gasteiger partial charge in [-0.15, -0.1) is 0 Å². The number of rotatable bonds is 6. The van der Waals surface area contributed by atoms with Crippen LogP contribution in [0.2, 0.25) is 0 Å². The van der Waals surface area contributed by atoms with Gasteiger partial charge < -0.3 is 10.1 Å². The first-order valence-corrected chi connectivity index (χ1v) is 10.2. The van der Waals surface area contributed by atoms with Gasteiger partial charge in [0.15, 0.2) is 0 Å². The van der Waals surface area contributed by atoms with E-state index in [0.29, 0.717) is 18.1 Å². The lowest BCUT2D eigenvalue weighted by Gasteiger charge is -2.13. The minimum absolute atomic E-state index is 0.216. The van der Waals surface area contributed by atoms with E-state index in [1.54, 1.807) is 13.2 Å². The summed E-state index contributed by atoms with van der Waals surface area (Å²) in [6, 6.07) is 14.9. The summed E-state index contributed by atoms with van der Waals surface area (Å²) in [5.41, 5.74) is 5.68. The van der Waals surface area contributed by atoms with Crippen LogP contribution in [0, 0.1) is 20.8 Å². The Kier molecular flexibility index (Phi) is 7.07. The number of guanidine groups is 1. The third kappa shape index (κ3) is 5.72. The third-order valence-corrected chi connectivity index (χ3v) is 5.14. The zero-order valence-electron chi connectivity index (χ0n) is 18.7. The van der Waals surface area contributed by atoms with E-state index in [-0.39, 0.29) is 5.91 Å². The Hall–Kier alpha value is -3.61. The van der Waals surface area contributed by atoms with Gasteiger partial charge in [0.05, 0.1) is 12.8 Å². The Balaban J connectivity index is 1.80. The van der Waals surface area contributed by atoms with Crippen LogP contribution in [0.1, 0.15) is 32.9 Å². The van der Waals surface area contributed by atoms with Crippen LogP contribution in [-0.2, 0) is 13.5 Å². The highest BCUT2D eigenvalue weighted by atomic mass is 16.5. The second-order valence-corrected chi connectivity index (χ2v) is 7.43. The van der Waals surface area contributed by atoms with Gasteiger partial charge in [0.1, 0.15) is 5.75 Å². The average molecular weight is 420 g/mol. The minimum atomic E-state index is -0.216. The molecule has 0 saturated heterocycles. The summed E-state index contributed by atoms with van der Waals surface area (Å²) in [6.07, 6.45) is 0.731. The molecule has 1 amide bonds. The lowest BCUT2D eigenvalue weighted by Crippen LogP contribution is -2.36. The van der Waals surface area contributed by atoms with Gasteiger partial charge in [-0.1, -0.05) is 23.8 Å². The molecule has 7 nitrogen and oxygen atoms in total. The Morgan fingerprint density at radius 1 is 1.13 bits per heavy atom. The van der Waals surface area contributed by atoms with Crippen molar-refractivity contribution in [3.63, 3.8) is 0 Å². The predicted molar refractivity (Wildman–Crippen MR) is 124 cm³/mol. The molecule has 2 aromatic carbocycles. The molecule has 0 atom stereocenters. The first-order valence-electron chi connectivity index (χ1n) is 10.2. The number of hydrogen-bond acceptors (Lipinski definition) is 4. The highest BCUT2D eigenvalue weighted by Crippen LogP contribution is 2.17. The van der Waals surface area contributed by atoms with E-state index in [0.717, 1.165) is 34.8 Å². The zero-order valence-corrected chi connectivity index (χ0v) is 18.7. The van der Waals surface area contributed by atoms with Gasteiger partial charge in [0.2, 0.25) is 5.96 Å². The number of methoxy groups -OCH3 is 1. The molecule has 0 saturated carbocycles. The largest absolute Gasteiger partial charge is 0.497 e. The molecule has 0 fully saturated rings. The maximum atomic E-state index is 12.8. The van der Waals surface area contributed by atoms with E-state index in [9.17, 15) is 4.79 Å². The molecule has 0 aliphatic heterocycles. The fourth-order valence-corrected chi connectivity index (χ4v) is 3.37. The number of ether oxygens (including phenoxy) is 1. The van der Waals surface area contributed by atoms with Crippen molar-refractivity contribution in [2.24, 2.45) is 12.0 Å². The Bertz CT molecular complexity index is 1100. The smallest absolute Gasteiger partial charge is 0.257 e. The Morgan fingerprint density at radius 3 is 2.58 bits per heavy atom. The van der Waals surface area contributed by atoms with Gasteiger partial charge in [0, 0.05) is 36.6 Å². The highest BCUT2D eigenvalue weighted by molar-refractivity contribution is 6.10. The predicted octanol–water partition coefficient (Wildman–Crippen LogP) is 3.79. The summed E-state index contributed by atoms with van der Waals surface area (Å²) < 4.78 is 7.17. The lowest BCUT2D eigenvalue weighted by atomic mass is 10.1. The van der Waals surface area contributed by atoms with Crippen LogP contribution in [0.25, 0.3) is 0 Å². The van der Waals surface area contributed by atoms with Gasteiger partial charge in [-0.25, -0.2) is 0 Å². The molecular formula is C24H29N5O2. The van der Waals surface area contributed by atoms with Crippen molar-refractivity contribution in [1.29, 1.82) is 0 Å². The minimum Gasteiger partial charge on any atom is -0.497 e. The molecule has 1 heterocycles. The molecule has 31 heavy (non-hydrogen) atoms. The van der Waals surface area contributed by atoms with Crippen molar-refractivity contribution >= 4 is 17.6 Å². The maximum absolute atomic E-state index is 12.8. The average Bonchev–Trinajstić information content (AvgIpc) is 2.99. The van der Waals surface area contributed by atoms with E-state index >= 15 is 0 Å². The number of benzene rings is 2. The van der Waals surface area contributed by atoms with E-state index in [1.165, 1.54) is 5.56 Å². The molecule has 3 aromatic rings. The fraction of sp³-hybridized carbons (Fsp3) is 0.292. The van der Waals surface area contributed by atoms with E-state index in [1.807, 2.05) is 75.0 Å². The summed E-state index contributed by atoms with van der Waals surface area (Å²) in [7, 11) is 3.55. The number of aliphatic imine (C=N–C) groups is 1. The van der Waals surface area contributed by atoms with Crippen LogP contribution in [0.5, 0.6) is 5.75 Å². The molecule has 0 aliphatic rings. The van der Waals surface area contributed by atoms with Crippen LogP contribution >= 0.6 is 0 Å². The van der Waals surface area contributed by atoms with E-state index in [2.05, 4.69) is 20.7 Å². The zero-order chi connectivity index (χ0) is 22.4. The quantitative estimate of drug-likeness (QED) is 0.471. The van der Waals surface area contributed by atoms with Crippen LogP contribution < -0.4 is 15.4 Å². The van der Waals surface area contributed by atoms with Crippen molar-refractivity contribution in [1.82, 2.24) is 15.1 Å². The molecule has 2 N–H and O–H groups in total. The molecule has 0 spiro atoms. The van der Waals surface area contributed by atoms with Crippen LogP contribution in [0.3, 0.4) is 0 Å². The first kappa shape index (κ1) is 22.1. The van der Waals surface area contributed by atoms with Crippen molar-refractivity contribution in [2.75, 3.05) is 19.0 Å². The summed E-state index contributed by atoms with van der Waals surface area (Å²) in [4.78, 5) is 17.4. The van der Waals surface area contributed by atoms with Gasteiger partial charge in [0.25, 0.3) is 5.91 Å². The number of carbonyl (C=O) groups excluding carboxylic acids is 1. The van der Waals surface area contributed by atoms with Crippen molar-refractivity contribution in [2.45, 2.75) is 27.2 Å². The SMILES string of the molecule is COc1cccc(NC(=NCCc2c(C)nn(C)c2C)NC(=O)c2cccc(C)c2)c1. The number of anilines is 1. The topological polar surface area (TPSA) is 80.5 Å². The number of amides is 1. The molecular weight excluding hydrogens is 390 g/mol. The third-order valence-electron chi connectivity index (χ3n) is 5.14. The standard InChI is InChI=1S/C24H29N5O2/c1-16-8-6-9-19(14-16)23(30)27-24(26-20-10-7-11-21(15-20)31-5)25-13-12-22-17(2)28-29(4)18(22)3/h6-11,14-15H,12-13H2,1-5H3,(H2,25,26,27,30). The number of aromatic nitrogens is 2. The molecule has 0 unspecified atom stereocenters. The molecule has 0 aliphatic carbocycles. The molecule has 0 bridgehead atoms. The molecule has 162 valence electrons. The number of hydrogen-bond donors (Lipinski definition) is 2.